The molecule has 1 aliphatic rings. The molecule has 3 aromatic rings. The van der Waals surface area contributed by atoms with Crippen molar-refractivity contribution in [3.8, 4) is 16.9 Å². The van der Waals surface area contributed by atoms with Gasteiger partial charge in [-0.05, 0) is 41.0 Å². The molecule has 0 fully saturated rings. The van der Waals surface area contributed by atoms with Crippen molar-refractivity contribution >= 4 is 11.9 Å². The van der Waals surface area contributed by atoms with Crippen molar-refractivity contribution in [1.29, 1.82) is 0 Å². The second-order valence-corrected chi connectivity index (χ2v) is 5.38. The quantitative estimate of drug-likeness (QED) is 0.436. The van der Waals surface area contributed by atoms with Crippen molar-refractivity contribution in [2.45, 2.75) is 0 Å². The Morgan fingerprint density at radius 3 is 1.74 bits per heavy atom. The normalized spacial score (nSPS) is 12.3. The molecule has 0 saturated carbocycles. The van der Waals surface area contributed by atoms with Gasteiger partial charge in [0.15, 0.2) is 0 Å². The zero-order valence-electron chi connectivity index (χ0n) is 12.3. The molecule has 0 atom stereocenters. The predicted molar refractivity (Wildman–Crippen MR) is 93.2 cm³/mol. The molecule has 3 nitrogen and oxygen atoms in total. The Kier molecular flexibility index (Phi) is 3.24. The number of rotatable bonds is 2. The van der Waals surface area contributed by atoms with Crippen LogP contribution in [0.1, 0.15) is 16.7 Å². The van der Waals surface area contributed by atoms with Crippen LogP contribution in [-0.4, -0.2) is 17.0 Å². The van der Waals surface area contributed by atoms with Gasteiger partial charge in [0.05, 0.1) is 6.21 Å². The highest BCUT2D eigenvalue weighted by Crippen LogP contribution is 2.36. The van der Waals surface area contributed by atoms with Crippen molar-refractivity contribution in [3.63, 3.8) is 0 Å². The van der Waals surface area contributed by atoms with Crippen LogP contribution in [0.4, 0.5) is 0 Å². The Labute approximate surface area is 134 Å². The maximum absolute atomic E-state index is 9.30. The van der Waals surface area contributed by atoms with Crippen LogP contribution in [0.15, 0.2) is 83.0 Å². The summed E-state index contributed by atoms with van der Waals surface area (Å²) in [4.78, 5) is 0. The minimum absolute atomic E-state index is 0.243. The number of aromatic hydroxyl groups is 1. The van der Waals surface area contributed by atoms with E-state index in [1.165, 1.54) is 11.1 Å². The molecule has 0 saturated heterocycles. The summed E-state index contributed by atoms with van der Waals surface area (Å²) in [7, 11) is 0. The summed E-state index contributed by atoms with van der Waals surface area (Å²) in [5.74, 6) is 0.243. The summed E-state index contributed by atoms with van der Waals surface area (Å²) in [5, 5.41) is 18.0. The van der Waals surface area contributed by atoms with Crippen LogP contribution in [0.2, 0.25) is 0 Å². The Morgan fingerprint density at radius 1 is 0.652 bits per heavy atom. The van der Waals surface area contributed by atoms with Crippen molar-refractivity contribution in [2.24, 2.45) is 10.2 Å². The van der Waals surface area contributed by atoms with Gasteiger partial charge in [-0.25, -0.2) is 0 Å². The lowest BCUT2D eigenvalue weighted by Crippen LogP contribution is -1.97. The molecule has 0 bridgehead atoms. The summed E-state index contributed by atoms with van der Waals surface area (Å²) in [6, 6.07) is 23.4. The lowest BCUT2D eigenvalue weighted by Gasteiger charge is -1.98. The molecule has 23 heavy (non-hydrogen) atoms. The Balaban J connectivity index is 1.75. The van der Waals surface area contributed by atoms with Crippen LogP contribution in [0.25, 0.3) is 11.1 Å². The van der Waals surface area contributed by atoms with E-state index in [4.69, 9.17) is 0 Å². The number of hydrogen-bond acceptors (Lipinski definition) is 3. The molecule has 110 valence electrons. The second-order valence-electron chi connectivity index (χ2n) is 5.38. The van der Waals surface area contributed by atoms with Gasteiger partial charge < -0.3 is 5.11 Å². The first-order valence-electron chi connectivity index (χ1n) is 7.42. The van der Waals surface area contributed by atoms with Crippen molar-refractivity contribution in [2.75, 3.05) is 0 Å². The predicted octanol–water partition coefficient (Wildman–Crippen LogP) is 4.24. The average Bonchev–Trinajstić information content (AvgIpc) is 2.91. The molecule has 0 heterocycles. The standard InChI is InChI=1S/C20H14N2O/c23-15-11-9-14(10-12-15)13-21-22-20-18-7-3-1-5-16(18)17-6-2-4-8-19(17)20/h1-13,23H/b21-13+. The molecule has 1 N–H and O–H groups in total. The van der Waals surface area contributed by atoms with E-state index in [-0.39, 0.29) is 5.75 Å². The van der Waals surface area contributed by atoms with Gasteiger partial charge in [-0.1, -0.05) is 48.5 Å². The highest BCUT2D eigenvalue weighted by molar-refractivity contribution is 6.24. The molecule has 3 aromatic carbocycles. The highest BCUT2D eigenvalue weighted by Gasteiger charge is 2.23. The summed E-state index contributed by atoms with van der Waals surface area (Å²) in [6.07, 6.45) is 1.69. The molecule has 0 unspecified atom stereocenters. The van der Waals surface area contributed by atoms with Gasteiger partial charge in [-0.2, -0.15) is 5.10 Å². The minimum atomic E-state index is 0.243. The van der Waals surface area contributed by atoms with E-state index in [1.54, 1.807) is 30.5 Å². The Bertz CT molecular complexity index is 877. The number of phenols is 1. The Morgan fingerprint density at radius 2 is 1.17 bits per heavy atom. The van der Waals surface area contributed by atoms with Gasteiger partial charge >= 0.3 is 0 Å². The fraction of sp³-hybridized carbons (Fsp3) is 0. The lowest BCUT2D eigenvalue weighted by molar-refractivity contribution is 0.475. The molecule has 1 aliphatic carbocycles. The van der Waals surface area contributed by atoms with Crippen LogP contribution >= 0.6 is 0 Å². The first-order chi connectivity index (χ1) is 11.3. The lowest BCUT2D eigenvalue weighted by atomic mass is 10.1. The monoisotopic (exact) mass is 298 g/mol. The van der Waals surface area contributed by atoms with E-state index in [0.717, 1.165) is 22.4 Å². The second kappa shape index (κ2) is 5.54. The third-order valence-corrected chi connectivity index (χ3v) is 3.91. The smallest absolute Gasteiger partial charge is 0.115 e. The van der Waals surface area contributed by atoms with Crippen molar-refractivity contribution < 1.29 is 5.11 Å². The van der Waals surface area contributed by atoms with E-state index >= 15 is 0 Å². The highest BCUT2D eigenvalue weighted by atomic mass is 16.3. The van der Waals surface area contributed by atoms with Gasteiger partial charge in [0.1, 0.15) is 11.5 Å². The van der Waals surface area contributed by atoms with Crippen molar-refractivity contribution in [3.05, 3.63) is 89.5 Å². The maximum atomic E-state index is 9.30. The SMILES string of the molecule is Oc1ccc(/C=N/N=C2c3ccccc3-c3ccccc32)cc1. The zero-order chi connectivity index (χ0) is 15.6. The number of phenolic OH excluding ortho intramolecular Hbond substituents is 1. The van der Waals surface area contributed by atoms with E-state index < -0.39 is 0 Å². The van der Waals surface area contributed by atoms with Gasteiger partial charge in [0.25, 0.3) is 0 Å². The third-order valence-electron chi connectivity index (χ3n) is 3.91. The molecule has 0 amide bonds. The molecular weight excluding hydrogens is 284 g/mol. The van der Waals surface area contributed by atoms with E-state index in [2.05, 4.69) is 34.5 Å². The van der Waals surface area contributed by atoms with Crippen LogP contribution in [0, 0.1) is 0 Å². The van der Waals surface area contributed by atoms with Crippen LogP contribution in [-0.2, 0) is 0 Å². The van der Waals surface area contributed by atoms with Gasteiger partial charge in [-0.15, -0.1) is 5.10 Å². The molecular formula is C20H14N2O. The fourth-order valence-corrected chi connectivity index (χ4v) is 2.82. The zero-order valence-corrected chi connectivity index (χ0v) is 12.3. The van der Waals surface area contributed by atoms with E-state index in [0.29, 0.717) is 0 Å². The molecule has 0 aliphatic heterocycles. The van der Waals surface area contributed by atoms with Gasteiger partial charge in [-0.3, -0.25) is 0 Å². The van der Waals surface area contributed by atoms with Crippen LogP contribution in [0.3, 0.4) is 0 Å². The molecule has 0 spiro atoms. The molecule has 0 aromatic heterocycles. The number of fused-ring (bicyclic) bond motifs is 3. The third kappa shape index (κ3) is 2.42. The molecule has 3 heteroatoms. The Hall–Kier alpha value is -3.20. The minimum Gasteiger partial charge on any atom is -0.508 e. The fourth-order valence-electron chi connectivity index (χ4n) is 2.82. The summed E-state index contributed by atoms with van der Waals surface area (Å²) in [5.41, 5.74) is 6.40. The summed E-state index contributed by atoms with van der Waals surface area (Å²) >= 11 is 0. The number of nitrogens with zero attached hydrogens (tertiary/aromatic N) is 2. The topological polar surface area (TPSA) is 45.0 Å². The molecule has 0 radical (unpaired) electrons. The van der Waals surface area contributed by atoms with E-state index in [9.17, 15) is 5.11 Å². The number of hydrogen-bond donors (Lipinski definition) is 1. The van der Waals surface area contributed by atoms with Gasteiger partial charge in [0, 0.05) is 11.1 Å². The first-order valence-corrected chi connectivity index (χ1v) is 7.42. The maximum Gasteiger partial charge on any atom is 0.115 e. The summed E-state index contributed by atoms with van der Waals surface area (Å²) in [6.45, 7) is 0. The largest absolute Gasteiger partial charge is 0.508 e. The van der Waals surface area contributed by atoms with E-state index in [1.807, 2.05) is 24.3 Å². The van der Waals surface area contributed by atoms with Crippen LogP contribution in [0.5, 0.6) is 5.75 Å². The van der Waals surface area contributed by atoms with Gasteiger partial charge in [0.2, 0.25) is 0 Å². The summed E-state index contributed by atoms with van der Waals surface area (Å²) < 4.78 is 0. The molecule has 4 rings (SSSR count). The number of benzene rings is 3. The van der Waals surface area contributed by atoms with Crippen LogP contribution < -0.4 is 0 Å². The van der Waals surface area contributed by atoms with Crippen molar-refractivity contribution in [1.82, 2.24) is 0 Å². The average molecular weight is 298 g/mol. The first kappa shape index (κ1) is 13.5.